The summed E-state index contributed by atoms with van der Waals surface area (Å²) in [6.07, 6.45) is 0. The van der Waals surface area contributed by atoms with Crippen LogP contribution < -0.4 is 10.1 Å². The number of benzene rings is 2. The molecule has 2 aromatic rings. The Morgan fingerprint density at radius 2 is 2.05 bits per heavy atom. The molecule has 2 rings (SSSR count). The first-order valence-corrected chi connectivity index (χ1v) is 6.70. The molecule has 0 bridgehead atoms. The first kappa shape index (κ1) is 15.0. The van der Waals surface area contributed by atoms with Crippen LogP contribution in [0.15, 0.2) is 46.9 Å². The molecule has 0 saturated carbocycles. The van der Waals surface area contributed by atoms with E-state index in [0.29, 0.717) is 11.4 Å². The number of hydrogen-bond acceptors (Lipinski definition) is 4. The summed E-state index contributed by atoms with van der Waals surface area (Å²) >= 11 is 3.29. The van der Waals surface area contributed by atoms with E-state index in [4.69, 9.17) is 4.74 Å². The number of nitrogens with one attached hydrogen (secondary N) is 1. The second-order valence-electron chi connectivity index (χ2n) is 4.10. The van der Waals surface area contributed by atoms with Crippen LogP contribution in [0.4, 0.5) is 11.4 Å². The van der Waals surface area contributed by atoms with Crippen molar-refractivity contribution in [3.63, 3.8) is 0 Å². The zero-order chi connectivity index (χ0) is 15.4. The predicted octanol–water partition coefficient (Wildman–Crippen LogP) is 3.62. The minimum atomic E-state index is -0.602. The van der Waals surface area contributed by atoms with Crippen LogP contribution in [0.1, 0.15) is 10.4 Å². The van der Waals surface area contributed by atoms with E-state index in [1.54, 1.807) is 18.2 Å². The van der Waals surface area contributed by atoms with E-state index in [-0.39, 0.29) is 11.3 Å². The Kier molecular flexibility index (Phi) is 4.54. The quantitative estimate of drug-likeness (QED) is 0.674. The third-order valence-electron chi connectivity index (χ3n) is 2.73. The lowest BCUT2D eigenvalue weighted by Crippen LogP contribution is -2.14. The molecule has 7 heteroatoms. The maximum absolute atomic E-state index is 12.2. The van der Waals surface area contributed by atoms with Crippen LogP contribution in [0.25, 0.3) is 0 Å². The molecule has 0 fully saturated rings. The van der Waals surface area contributed by atoms with E-state index < -0.39 is 10.8 Å². The molecule has 108 valence electrons. The van der Waals surface area contributed by atoms with E-state index in [1.165, 1.54) is 25.3 Å². The van der Waals surface area contributed by atoms with Crippen LogP contribution in [0.5, 0.6) is 5.75 Å². The van der Waals surface area contributed by atoms with Crippen molar-refractivity contribution in [3.05, 3.63) is 62.6 Å². The third kappa shape index (κ3) is 3.57. The summed E-state index contributed by atoms with van der Waals surface area (Å²) < 4.78 is 5.79. The summed E-state index contributed by atoms with van der Waals surface area (Å²) in [7, 11) is 1.43. The molecule has 0 aliphatic heterocycles. The second kappa shape index (κ2) is 6.36. The van der Waals surface area contributed by atoms with Crippen molar-refractivity contribution in [1.29, 1.82) is 0 Å². The molecule has 0 aliphatic rings. The fourth-order valence-electron chi connectivity index (χ4n) is 1.75. The maximum Gasteiger partial charge on any atom is 0.282 e. The number of carbonyl (C=O) groups is 1. The normalized spacial score (nSPS) is 10.0. The average molecular weight is 351 g/mol. The van der Waals surface area contributed by atoms with Crippen LogP contribution in [-0.2, 0) is 0 Å². The molecule has 0 saturated heterocycles. The lowest BCUT2D eigenvalue weighted by molar-refractivity contribution is -0.385. The zero-order valence-corrected chi connectivity index (χ0v) is 12.6. The number of anilines is 1. The Morgan fingerprint density at radius 1 is 1.29 bits per heavy atom. The van der Waals surface area contributed by atoms with E-state index in [9.17, 15) is 14.9 Å². The number of methoxy groups -OCH3 is 1. The number of nitro benzene ring substituents is 1. The minimum absolute atomic E-state index is 0.0562. The molecule has 6 nitrogen and oxygen atoms in total. The van der Waals surface area contributed by atoms with Crippen molar-refractivity contribution in [2.75, 3.05) is 12.4 Å². The van der Waals surface area contributed by atoms with Crippen molar-refractivity contribution in [2.24, 2.45) is 0 Å². The summed E-state index contributed by atoms with van der Waals surface area (Å²) in [6, 6.07) is 11.0. The van der Waals surface area contributed by atoms with E-state index in [0.717, 1.165) is 4.47 Å². The average Bonchev–Trinajstić information content (AvgIpc) is 2.46. The largest absolute Gasteiger partial charge is 0.497 e. The summed E-state index contributed by atoms with van der Waals surface area (Å²) in [5, 5.41) is 13.6. The zero-order valence-electron chi connectivity index (χ0n) is 11.0. The number of hydrogen-bond donors (Lipinski definition) is 1. The summed E-state index contributed by atoms with van der Waals surface area (Å²) in [6.45, 7) is 0. The standard InChI is InChI=1S/C14H11BrN2O4/c1-21-11-5-6-13(17(19)20)12(8-11)14(18)16-10-4-2-3-9(15)7-10/h2-8H,1H3,(H,16,18). The van der Waals surface area contributed by atoms with Crippen molar-refractivity contribution in [3.8, 4) is 5.75 Å². The molecule has 21 heavy (non-hydrogen) atoms. The van der Waals surface area contributed by atoms with Crippen LogP contribution in [0.2, 0.25) is 0 Å². The highest BCUT2D eigenvalue weighted by Gasteiger charge is 2.21. The summed E-state index contributed by atoms with van der Waals surface area (Å²) in [5.74, 6) is -0.196. The van der Waals surface area contributed by atoms with Crippen LogP contribution in [0, 0.1) is 10.1 Å². The van der Waals surface area contributed by atoms with Crippen molar-refractivity contribution in [1.82, 2.24) is 0 Å². The van der Waals surface area contributed by atoms with Crippen molar-refractivity contribution in [2.45, 2.75) is 0 Å². The predicted molar refractivity (Wildman–Crippen MR) is 81.7 cm³/mol. The fourth-order valence-corrected chi connectivity index (χ4v) is 2.15. The Morgan fingerprint density at radius 3 is 2.67 bits per heavy atom. The lowest BCUT2D eigenvalue weighted by Gasteiger charge is -2.07. The molecule has 1 N–H and O–H groups in total. The molecule has 0 heterocycles. The van der Waals surface area contributed by atoms with Gasteiger partial charge in [-0.25, -0.2) is 0 Å². The number of nitro groups is 1. The molecule has 0 spiro atoms. The fraction of sp³-hybridized carbons (Fsp3) is 0.0714. The Labute approximate surface area is 129 Å². The molecule has 0 aromatic heterocycles. The summed E-state index contributed by atoms with van der Waals surface area (Å²) in [5.41, 5.74) is 0.203. The van der Waals surface area contributed by atoms with Crippen LogP contribution in [-0.4, -0.2) is 17.9 Å². The first-order valence-electron chi connectivity index (χ1n) is 5.90. The molecular weight excluding hydrogens is 340 g/mol. The van der Waals surface area contributed by atoms with Gasteiger partial charge in [0.05, 0.1) is 12.0 Å². The number of rotatable bonds is 4. The lowest BCUT2D eigenvalue weighted by atomic mass is 10.1. The Bertz CT molecular complexity index is 703. The van der Waals surface area contributed by atoms with Gasteiger partial charge >= 0.3 is 0 Å². The molecule has 0 unspecified atom stereocenters. The van der Waals surface area contributed by atoms with Gasteiger partial charge in [0, 0.05) is 16.2 Å². The highest BCUT2D eigenvalue weighted by atomic mass is 79.9. The number of nitrogens with zero attached hydrogens (tertiary/aromatic N) is 1. The van der Waals surface area contributed by atoms with E-state index in [2.05, 4.69) is 21.2 Å². The summed E-state index contributed by atoms with van der Waals surface area (Å²) in [4.78, 5) is 22.6. The number of ether oxygens (including phenoxy) is 1. The van der Waals surface area contributed by atoms with Crippen LogP contribution >= 0.6 is 15.9 Å². The number of halogens is 1. The van der Waals surface area contributed by atoms with Gasteiger partial charge in [-0.05, 0) is 30.3 Å². The molecule has 2 aromatic carbocycles. The van der Waals surface area contributed by atoms with Gasteiger partial charge in [0.2, 0.25) is 0 Å². The van der Waals surface area contributed by atoms with Gasteiger partial charge in [0.25, 0.3) is 11.6 Å². The highest BCUT2D eigenvalue weighted by molar-refractivity contribution is 9.10. The van der Waals surface area contributed by atoms with Gasteiger partial charge < -0.3 is 10.1 Å². The number of amides is 1. The van der Waals surface area contributed by atoms with Gasteiger partial charge in [-0.2, -0.15) is 0 Å². The molecule has 0 atom stereocenters. The topological polar surface area (TPSA) is 81.5 Å². The van der Waals surface area contributed by atoms with Gasteiger partial charge in [-0.15, -0.1) is 0 Å². The maximum atomic E-state index is 12.2. The molecule has 0 aliphatic carbocycles. The van der Waals surface area contributed by atoms with Gasteiger partial charge in [0.1, 0.15) is 11.3 Å². The highest BCUT2D eigenvalue weighted by Crippen LogP contribution is 2.25. The molecular formula is C14H11BrN2O4. The second-order valence-corrected chi connectivity index (χ2v) is 5.02. The SMILES string of the molecule is COc1ccc([N+](=O)[O-])c(C(=O)Nc2cccc(Br)c2)c1. The van der Waals surface area contributed by atoms with Crippen molar-refractivity contribution < 1.29 is 14.5 Å². The van der Waals surface area contributed by atoms with Gasteiger partial charge in [-0.3, -0.25) is 14.9 Å². The minimum Gasteiger partial charge on any atom is -0.497 e. The van der Waals surface area contributed by atoms with Gasteiger partial charge in [0.15, 0.2) is 0 Å². The monoisotopic (exact) mass is 350 g/mol. The number of carbonyl (C=O) groups excluding carboxylic acids is 1. The van der Waals surface area contributed by atoms with E-state index in [1.807, 2.05) is 6.07 Å². The van der Waals surface area contributed by atoms with Crippen molar-refractivity contribution >= 4 is 33.2 Å². The Hall–Kier alpha value is -2.41. The van der Waals surface area contributed by atoms with Gasteiger partial charge in [-0.1, -0.05) is 22.0 Å². The smallest absolute Gasteiger partial charge is 0.282 e. The van der Waals surface area contributed by atoms with Crippen LogP contribution in [0.3, 0.4) is 0 Å². The first-order chi connectivity index (χ1) is 10.0. The third-order valence-corrected chi connectivity index (χ3v) is 3.22. The molecule has 0 radical (unpaired) electrons. The molecule has 1 amide bonds. The van der Waals surface area contributed by atoms with E-state index >= 15 is 0 Å². The Balaban J connectivity index is 2.35.